The van der Waals surface area contributed by atoms with E-state index in [0.717, 1.165) is 51.6 Å². The fraction of sp³-hybridized carbons (Fsp3) is 0.667. The van der Waals surface area contributed by atoms with E-state index in [4.69, 9.17) is 4.74 Å². The summed E-state index contributed by atoms with van der Waals surface area (Å²) in [5.74, 6) is 1.07. The number of hydrogen-bond donors (Lipinski definition) is 1. The Morgan fingerprint density at radius 3 is 2.77 bits per heavy atom. The monoisotopic (exact) mass is 303 g/mol. The summed E-state index contributed by atoms with van der Waals surface area (Å²) in [6.45, 7) is 9.56. The van der Waals surface area contributed by atoms with Crippen LogP contribution < -0.4 is 19.9 Å². The molecule has 0 saturated carbocycles. The van der Waals surface area contributed by atoms with Gasteiger partial charge in [0, 0.05) is 32.7 Å². The van der Waals surface area contributed by atoms with Crippen LogP contribution in [-0.4, -0.2) is 45.9 Å². The van der Waals surface area contributed by atoms with Crippen LogP contribution in [0.1, 0.15) is 32.6 Å². The summed E-state index contributed by atoms with van der Waals surface area (Å²) in [4.78, 5) is 5.05. The maximum atomic E-state index is 5.93. The number of anilines is 2. The Kier molecular flexibility index (Phi) is 5.43. The molecule has 0 radical (unpaired) electrons. The molecule has 3 rings (SSSR count). The minimum absolute atomic E-state index is 0.811. The van der Waals surface area contributed by atoms with E-state index in [9.17, 15) is 0 Å². The SMILES string of the molecule is CCCCCCN1CCOc2cccc(N3CCNCC3)c21. The zero-order valence-electron chi connectivity index (χ0n) is 13.8. The Labute approximate surface area is 134 Å². The maximum Gasteiger partial charge on any atom is 0.144 e. The molecule has 0 bridgehead atoms. The number of rotatable bonds is 6. The van der Waals surface area contributed by atoms with Crippen molar-refractivity contribution in [2.75, 3.05) is 55.7 Å². The molecule has 2 aliphatic heterocycles. The van der Waals surface area contributed by atoms with Crippen molar-refractivity contribution < 1.29 is 4.74 Å². The van der Waals surface area contributed by atoms with Crippen LogP contribution in [0.3, 0.4) is 0 Å². The molecule has 0 spiro atoms. The molecule has 1 fully saturated rings. The molecule has 0 unspecified atom stereocenters. The molecule has 4 nitrogen and oxygen atoms in total. The number of fused-ring (bicyclic) bond motifs is 1. The van der Waals surface area contributed by atoms with E-state index in [1.807, 2.05) is 0 Å². The molecule has 122 valence electrons. The van der Waals surface area contributed by atoms with Crippen LogP contribution in [-0.2, 0) is 0 Å². The lowest BCUT2D eigenvalue weighted by molar-refractivity contribution is 0.307. The summed E-state index contributed by atoms with van der Waals surface area (Å²) in [5, 5.41) is 3.44. The van der Waals surface area contributed by atoms with E-state index >= 15 is 0 Å². The number of benzene rings is 1. The van der Waals surface area contributed by atoms with Crippen LogP contribution in [0, 0.1) is 0 Å². The van der Waals surface area contributed by atoms with Crippen LogP contribution in [0.4, 0.5) is 11.4 Å². The number of para-hydroxylation sites is 1. The van der Waals surface area contributed by atoms with Gasteiger partial charge >= 0.3 is 0 Å². The average Bonchev–Trinajstić information content (AvgIpc) is 2.59. The molecule has 1 aromatic carbocycles. The van der Waals surface area contributed by atoms with Gasteiger partial charge in [-0.25, -0.2) is 0 Å². The molecule has 2 heterocycles. The lowest BCUT2D eigenvalue weighted by Gasteiger charge is -2.38. The largest absolute Gasteiger partial charge is 0.489 e. The lowest BCUT2D eigenvalue weighted by atomic mass is 10.1. The molecule has 1 N–H and O–H groups in total. The fourth-order valence-corrected chi connectivity index (χ4v) is 3.44. The van der Waals surface area contributed by atoms with Gasteiger partial charge in [0.05, 0.1) is 12.2 Å². The second kappa shape index (κ2) is 7.73. The molecule has 0 atom stereocenters. The molecule has 1 saturated heterocycles. The minimum Gasteiger partial charge on any atom is -0.489 e. The first-order valence-electron chi connectivity index (χ1n) is 8.86. The number of piperazine rings is 1. The molecular formula is C18H29N3O. The van der Waals surface area contributed by atoms with Crippen molar-refractivity contribution in [2.24, 2.45) is 0 Å². The Hall–Kier alpha value is -1.42. The minimum atomic E-state index is 0.811. The van der Waals surface area contributed by atoms with E-state index in [0.29, 0.717) is 0 Å². The van der Waals surface area contributed by atoms with Crippen molar-refractivity contribution in [1.29, 1.82) is 0 Å². The summed E-state index contributed by atoms with van der Waals surface area (Å²) in [7, 11) is 0. The molecule has 4 heteroatoms. The fourth-order valence-electron chi connectivity index (χ4n) is 3.44. The summed E-state index contributed by atoms with van der Waals surface area (Å²) < 4.78 is 5.93. The van der Waals surface area contributed by atoms with Crippen molar-refractivity contribution >= 4 is 11.4 Å². The normalized spacial score (nSPS) is 18.0. The van der Waals surface area contributed by atoms with E-state index in [-0.39, 0.29) is 0 Å². The van der Waals surface area contributed by atoms with Gasteiger partial charge in [0.15, 0.2) is 0 Å². The highest BCUT2D eigenvalue weighted by molar-refractivity contribution is 5.78. The first kappa shape index (κ1) is 15.5. The zero-order valence-corrected chi connectivity index (χ0v) is 13.8. The van der Waals surface area contributed by atoms with Gasteiger partial charge in [0.25, 0.3) is 0 Å². The van der Waals surface area contributed by atoms with Crippen molar-refractivity contribution in [3.63, 3.8) is 0 Å². The van der Waals surface area contributed by atoms with Crippen molar-refractivity contribution in [3.8, 4) is 5.75 Å². The van der Waals surface area contributed by atoms with Gasteiger partial charge < -0.3 is 19.9 Å². The van der Waals surface area contributed by atoms with Crippen molar-refractivity contribution in [1.82, 2.24) is 5.32 Å². The van der Waals surface area contributed by atoms with Crippen LogP contribution in [0.15, 0.2) is 18.2 Å². The highest BCUT2D eigenvalue weighted by atomic mass is 16.5. The molecule has 22 heavy (non-hydrogen) atoms. The summed E-state index contributed by atoms with van der Waals surface area (Å²) in [6, 6.07) is 6.52. The van der Waals surface area contributed by atoms with E-state index in [1.54, 1.807) is 0 Å². The van der Waals surface area contributed by atoms with E-state index < -0.39 is 0 Å². The number of nitrogens with one attached hydrogen (secondary N) is 1. The quantitative estimate of drug-likeness (QED) is 0.818. The first-order chi connectivity index (χ1) is 10.9. The van der Waals surface area contributed by atoms with Gasteiger partial charge in [-0.1, -0.05) is 32.3 Å². The average molecular weight is 303 g/mol. The Morgan fingerprint density at radius 1 is 1.09 bits per heavy atom. The highest BCUT2D eigenvalue weighted by Crippen LogP contribution is 2.40. The maximum absolute atomic E-state index is 5.93. The lowest BCUT2D eigenvalue weighted by Crippen LogP contribution is -2.44. The number of hydrogen-bond acceptors (Lipinski definition) is 4. The van der Waals surface area contributed by atoms with Gasteiger partial charge in [0.2, 0.25) is 0 Å². The van der Waals surface area contributed by atoms with Gasteiger partial charge in [-0.05, 0) is 18.6 Å². The van der Waals surface area contributed by atoms with Gasteiger partial charge in [0.1, 0.15) is 18.0 Å². The third kappa shape index (κ3) is 3.49. The van der Waals surface area contributed by atoms with Crippen LogP contribution in [0.2, 0.25) is 0 Å². The number of nitrogens with zero attached hydrogens (tertiary/aromatic N) is 2. The highest BCUT2D eigenvalue weighted by Gasteiger charge is 2.24. The van der Waals surface area contributed by atoms with Crippen LogP contribution in [0.5, 0.6) is 5.75 Å². The molecule has 1 aromatic rings. The summed E-state index contributed by atoms with van der Waals surface area (Å²) >= 11 is 0. The Bertz CT molecular complexity index is 471. The smallest absolute Gasteiger partial charge is 0.144 e. The molecule has 0 aliphatic carbocycles. The van der Waals surface area contributed by atoms with Crippen molar-refractivity contribution in [3.05, 3.63) is 18.2 Å². The third-order valence-corrected chi connectivity index (χ3v) is 4.65. The standard InChI is InChI=1S/C18H29N3O/c1-2-3-4-5-11-21-14-15-22-17-8-6-7-16(18(17)21)20-12-9-19-10-13-20/h6-8,19H,2-5,9-15H2,1H3. The van der Waals surface area contributed by atoms with Gasteiger partial charge in [-0.3, -0.25) is 0 Å². The van der Waals surface area contributed by atoms with Gasteiger partial charge in [-0.15, -0.1) is 0 Å². The van der Waals surface area contributed by atoms with Gasteiger partial charge in [-0.2, -0.15) is 0 Å². The predicted octanol–water partition coefficient (Wildman–Crippen LogP) is 2.88. The van der Waals surface area contributed by atoms with E-state index in [1.165, 1.54) is 37.1 Å². The Morgan fingerprint density at radius 2 is 1.95 bits per heavy atom. The second-order valence-electron chi connectivity index (χ2n) is 6.26. The Balaban J connectivity index is 1.77. The summed E-state index contributed by atoms with van der Waals surface area (Å²) in [6.07, 6.45) is 5.25. The topological polar surface area (TPSA) is 27.7 Å². The molecular weight excluding hydrogens is 274 g/mol. The van der Waals surface area contributed by atoms with Crippen molar-refractivity contribution in [2.45, 2.75) is 32.6 Å². The summed E-state index contributed by atoms with van der Waals surface area (Å²) in [5.41, 5.74) is 2.68. The molecule has 2 aliphatic rings. The number of unbranched alkanes of at least 4 members (excludes halogenated alkanes) is 3. The molecule has 0 aromatic heterocycles. The third-order valence-electron chi connectivity index (χ3n) is 4.65. The first-order valence-corrected chi connectivity index (χ1v) is 8.86. The predicted molar refractivity (Wildman–Crippen MR) is 93.4 cm³/mol. The zero-order chi connectivity index (χ0) is 15.2. The second-order valence-corrected chi connectivity index (χ2v) is 6.26. The van der Waals surface area contributed by atoms with Crippen LogP contribution in [0.25, 0.3) is 0 Å². The number of ether oxygens (including phenoxy) is 1. The van der Waals surface area contributed by atoms with Crippen LogP contribution >= 0.6 is 0 Å². The molecule has 0 amide bonds. The van der Waals surface area contributed by atoms with E-state index in [2.05, 4.69) is 40.2 Å².